The van der Waals surface area contributed by atoms with E-state index < -0.39 is 0 Å². The van der Waals surface area contributed by atoms with Gasteiger partial charge in [0.2, 0.25) is 0 Å². The number of rotatable bonds is 10. The smallest absolute Gasteiger partial charge is 0.0750 e. The summed E-state index contributed by atoms with van der Waals surface area (Å²) in [4.78, 5) is 0.898. The third-order valence-corrected chi connectivity index (χ3v) is 3.27. The molecule has 0 rings (SSSR count). The fourth-order valence-electron chi connectivity index (χ4n) is 1.75. The van der Waals surface area contributed by atoms with Crippen LogP contribution in [0.5, 0.6) is 0 Å². The highest BCUT2D eigenvalue weighted by Gasteiger charge is 2.04. The summed E-state index contributed by atoms with van der Waals surface area (Å²) in [5, 5.41) is 12.7. The molecule has 16 heavy (non-hydrogen) atoms. The minimum absolute atomic E-state index is 0.124. The van der Waals surface area contributed by atoms with Gasteiger partial charge in [0.15, 0.2) is 0 Å². The molecule has 0 fully saturated rings. The van der Waals surface area contributed by atoms with Crippen molar-refractivity contribution in [3.05, 3.63) is 0 Å². The minimum atomic E-state index is -0.124. The monoisotopic (exact) mass is 245 g/mol. The average molecular weight is 245 g/mol. The van der Waals surface area contributed by atoms with Crippen LogP contribution in [-0.4, -0.2) is 23.2 Å². The lowest BCUT2D eigenvalue weighted by molar-refractivity contribution is 0.149. The van der Waals surface area contributed by atoms with Gasteiger partial charge >= 0.3 is 0 Å². The molecular weight excluding hydrogens is 218 g/mol. The normalized spacial score (nSPS) is 12.4. The molecule has 0 aromatic rings. The summed E-state index contributed by atoms with van der Waals surface area (Å²) in [5.74, 6) is 0. The molecule has 0 aliphatic heterocycles. The maximum atomic E-state index is 9.73. The highest BCUT2D eigenvalue weighted by molar-refractivity contribution is 7.80. The molecular formula is C13H27NOS. The molecule has 0 saturated heterocycles. The molecule has 0 aromatic carbocycles. The second kappa shape index (κ2) is 11.3. The molecule has 1 atom stereocenters. The van der Waals surface area contributed by atoms with Crippen LogP contribution in [0.2, 0.25) is 0 Å². The third-order valence-electron chi connectivity index (χ3n) is 2.86. The molecule has 0 saturated carbocycles. The van der Waals surface area contributed by atoms with Gasteiger partial charge < -0.3 is 10.4 Å². The van der Waals surface area contributed by atoms with E-state index in [2.05, 4.69) is 12.2 Å². The zero-order chi connectivity index (χ0) is 12.2. The first-order valence-electron chi connectivity index (χ1n) is 6.59. The molecule has 0 radical (unpaired) electrons. The number of nitrogens with one attached hydrogen (secondary N) is 1. The van der Waals surface area contributed by atoms with Crippen LogP contribution in [0.1, 0.15) is 64.7 Å². The van der Waals surface area contributed by atoms with E-state index >= 15 is 0 Å². The number of unbranched alkanes of at least 4 members (excludes halogenated alkanes) is 4. The van der Waals surface area contributed by atoms with E-state index in [9.17, 15) is 5.11 Å². The van der Waals surface area contributed by atoms with Crippen molar-refractivity contribution in [1.82, 2.24) is 5.32 Å². The van der Waals surface area contributed by atoms with Gasteiger partial charge in [-0.25, -0.2) is 0 Å². The predicted molar refractivity (Wildman–Crippen MR) is 74.9 cm³/mol. The van der Waals surface area contributed by atoms with Gasteiger partial charge in [-0.3, -0.25) is 0 Å². The number of aliphatic hydroxyl groups excluding tert-OH is 1. The Kier molecular flexibility index (Phi) is 11.2. The Hall–Kier alpha value is -0.150. The third kappa shape index (κ3) is 10.4. The maximum Gasteiger partial charge on any atom is 0.0750 e. The Morgan fingerprint density at radius 1 is 1.12 bits per heavy atom. The molecule has 0 bridgehead atoms. The molecule has 0 spiro atoms. The summed E-state index contributed by atoms with van der Waals surface area (Å²) in [6.45, 7) is 2.22. The van der Waals surface area contributed by atoms with Crippen molar-refractivity contribution in [3.63, 3.8) is 0 Å². The predicted octanol–water partition coefficient (Wildman–Crippen LogP) is 3.42. The molecule has 1 unspecified atom stereocenters. The van der Waals surface area contributed by atoms with Crippen LogP contribution in [0.15, 0.2) is 0 Å². The van der Waals surface area contributed by atoms with Crippen LogP contribution >= 0.6 is 12.2 Å². The Balaban J connectivity index is 3.24. The molecule has 3 heteroatoms. The van der Waals surface area contributed by atoms with Gasteiger partial charge in [0, 0.05) is 7.05 Å². The quantitative estimate of drug-likeness (QED) is 0.457. The first-order chi connectivity index (χ1) is 7.70. The fraction of sp³-hybridized carbons (Fsp3) is 0.923. The summed E-state index contributed by atoms with van der Waals surface area (Å²) < 4.78 is 0. The Morgan fingerprint density at radius 3 is 2.38 bits per heavy atom. The molecule has 2 N–H and O–H groups in total. The first-order valence-corrected chi connectivity index (χ1v) is 7.00. The summed E-state index contributed by atoms with van der Waals surface area (Å²) in [6.07, 6.45) is 9.96. The summed E-state index contributed by atoms with van der Waals surface area (Å²) in [5.41, 5.74) is 0. The molecule has 0 aromatic heterocycles. The average Bonchev–Trinajstić information content (AvgIpc) is 2.28. The van der Waals surface area contributed by atoms with E-state index in [-0.39, 0.29) is 6.10 Å². The van der Waals surface area contributed by atoms with Crippen LogP contribution < -0.4 is 5.32 Å². The van der Waals surface area contributed by atoms with Gasteiger partial charge in [-0.1, -0.05) is 51.2 Å². The summed E-state index contributed by atoms with van der Waals surface area (Å²) in [6, 6.07) is 0. The van der Waals surface area contributed by atoms with Crippen molar-refractivity contribution >= 4 is 17.2 Å². The van der Waals surface area contributed by atoms with Crippen LogP contribution in [0.3, 0.4) is 0 Å². The van der Waals surface area contributed by atoms with Crippen molar-refractivity contribution < 1.29 is 5.11 Å². The standard InChI is InChI=1S/C13H27NOS/c1-3-4-5-6-7-9-12(15)10-8-11-13(16)14-2/h12,15H,3-11H2,1-2H3,(H,14,16). The van der Waals surface area contributed by atoms with Gasteiger partial charge in [0.05, 0.1) is 11.1 Å². The van der Waals surface area contributed by atoms with E-state index in [4.69, 9.17) is 12.2 Å². The van der Waals surface area contributed by atoms with E-state index in [0.717, 1.165) is 37.1 Å². The Bertz CT molecular complexity index is 173. The minimum Gasteiger partial charge on any atom is -0.393 e. The van der Waals surface area contributed by atoms with Crippen LogP contribution in [0.25, 0.3) is 0 Å². The van der Waals surface area contributed by atoms with Crippen molar-refractivity contribution in [2.45, 2.75) is 70.8 Å². The Morgan fingerprint density at radius 2 is 1.75 bits per heavy atom. The first kappa shape index (κ1) is 15.9. The van der Waals surface area contributed by atoms with E-state index in [0.29, 0.717) is 0 Å². The highest BCUT2D eigenvalue weighted by Crippen LogP contribution is 2.11. The van der Waals surface area contributed by atoms with Gasteiger partial charge in [-0.2, -0.15) is 0 Å². The largest absolute Gasteiger partial charge is 0.393 e. The van der Waals surface area contributed by atoms with Gasteiger partial charge in [-0.15, -0.1) is 0 Å². The lowest BCUT2D eigenvalue weighted by Gasteiger charge is -2.10. The molecule has 96 valence electrons. The van der Waals surface area contributed by atoms with Crippen molar-refractivity contribution in [3.8, 4) is 0 Å². The van der Waals surface area contributed by atoms with Gasteiger partial charge in [0.25, 0.3) is 0 Å². The van der Waals surface area contributed by atoms with E-state index in [1.807, 2.05) is 7.05 Å². The second-order valence-electron chi connectivity index (χ2n) is 4.42. The summed E-state index contributed by atoms with van der Waals surface area (Å²) >= 11 is 5.05. The number of aliphatic hydroxyl groups is 1. The van der Waals surface area contributed by atoms with E-state index in [1.54, 1.807) is 0 Å². The topological polar surface area (TPSA) is 32.3 Å². The molecule has 0 heterocycles. The number of hydrogen-bond donors (Lipinski definition) is 2. The van der Waals surface area contributed by atoms with Crippen molar-refractivity contribution in [2.24, 2.45) is 0 Å². The molecule has 0 amide bonds. The zero-order valence-corrected chi connectivity index (χ0v) is 11.6. The molecule has 0 aliphatic carbocycles. The lowest BCUT2D eigenvalue weighted by Crippen LogP contribution is -2.16. The molecule has 2 nitrogen and oxygen atoms in total. The van der Waals surface area contributed by atoms with Crippen LogP contribution in [-0.2, 0) is 0 Å². The van der Waals surface area contributed by atoms with Crippen LogP contribution in [0, 0.1) is 0 Å². The SMILES string of the molecule is CCCCCCCC(O)CCCC(=S)NC. The Labute approximate surface area is 106 Å². The zero-order valence-electron chi connectivity index (χ0n) is 10.8. The highest BCUT2D eigenvalue weighted by atomic mass is 32.1. The van der Waals surface area contributed by atoms with Gasteiger partial charge in [-0.05, 0) is 25.7 Å². The maximum absolute atomic E-state index is 9.73. The van der Waals surface area contributed by atoms with E-state index in [1.165, 1.54) is 25.7 Å². The van der Waals surface area contributed by atoms with Crippen molar-refractivity contribution in [1.29, 1.82) is 0 Å². The van der Waals surface area contributed by atoms with Gasteiger partial charge in [0.1, 0.15) is 0 Å². The number of thiocarbonyl (C=S) groups is 1. The lowest BCUT2D eigenvalue weighted by atomic mass is 10.0. The summed E-state index contributed by atoms with van der Waals surface area (Å²) in [7, 11) is 1.85. The fourth-order valence-corrected chi connectivity index (χ4v) is 1.90. The second-order valence-corrected chi connectivity index (χ2v) is 4.91. The van der Waals surface area contributed by atoms with Crippen molar-refractivity contribution in [2.75, 3.05) is 7.05 Å². The number of hydrogen-bond acceptors (Lipinski definition) is 2. The van der Waals surface area contributed by atoms with Crippen LogP contribution in [0.4, 0.5) is 0 Å². The molecule has 0 aliphatic rings.